The van der Waals surface area contributed by atoms with Gasteiger partial charge in [-0.2, -0.15) is 5.10 Å². The molecule has 6 heteroatoms. The molecule has 3 aromatic carbocycles. The fourth-order valence-corrected chi connectivity index (χ4v) is 3.31. The maximum Gasteiger partial charge on any atom is 0.277 e. The van der Waals surface area contributed by atoms with Gasteiger partial charge in [0.1, 0.15) is 5.56 Å². The Kier molecular flexibility index (Phi) is 5.22. The van der Waals surface area contributed by atoms with E-state index in [2.05, 4.69) is 15.5 Å². The van der Waals surface area contributed by atoms with Crippen LogP contribution < -0.4 is 10.9 Å². The van der Waals surface area contributed by atoms with Crippen molar-refractivity contribution in [1.82, 2.24) is 10.2 Å². The molecule has 0 saturated heterocycles. The van der Waals surface area contributed by atoms with Gasteiger partial charge in [-0.3, -0.25) is 9.59 Å². The number of H-pyrrole nitrogens is 1. The molecule has 1 aromatic heterocycles. The summed E-state index contributed by atoms with van der Waals surface area (Å²) in [5.74, 6) is -0.535. The number of nitrogens with zero attached hydrogens (tertiary/aromatic N) is 1. The molecule has 4 rings (SSSR count). The van der Waals surface area contributed by atoms with Crippen LogP contribution in [0.25, 0.3) is 22.4 Å². The summed E-state index contributed by atoms with van der Waals surface area (Å²) in [5.41, 5.74) is 2.43. The summed E-state index contributed by atoms with van der Waals surface area (Å²) in [6.45, 7) is 0. The molecule has 0 saturated carbocycles. The van der Waals surface area contributed by atoms with Crippen LogP contribution in [0.4, 0.5) is 5.69 Å². The number of halogens is 1. The number of carbonyl (C=O) groups is 1. The second kappa shape index (κ2) is 8.12. The maximum absolute atomic E-state index is 13.1. The molecule has 0 unspecified atom stereocenters. The first kappa shape index (κ1) is 18.7. The van der Waals surface area contributed by atoms with Gasteiger partial charge in [-0.15, -0.1) is 0 Å². The van der Waals surface area contributed by atoms with E-state index in [9.17, 15) is 9.59 Å². The van der Waals surface area contributed by atoms with Crippen molar-refractivity contribution in [3.05, 3.63) is 106 Å². The SMILES string of the molecule is O=C(Nc1cccc(Cl)c1)c1c(-c2ccccc2)c(-c2ccccc2)n[nH]c1=O. The summed E-state index contributed by atoms with van der Waals surface area (Å²) in [4.78, 5) is 25.8. The Labute approximate surface area is 172 Å². The minimum atomic E-state index is -0.567. The lowest BCUT2D eigenvalue weighted by molar-refractivity contribution is 0.102. The van der Waals surface area contributed by atoms with Crippen LogP contribution in [0, 0.1) is 0 Å². The van der Waals surface area contributed by atoms with Crippen LogP contribution in [0.5, 0.6) is 0 Å². The van der Waals surface area contributed by atoms with E-state index in [1.807, 2.05) is 60.7 Å². The topological polar surface area (TPSA) is 74.8 Å². The highest BCUT2D eigenvalue weighted by Gasteiger charge is 2.23. The number of benzene rings is 3. The second-order valence-corrected chi connectivity index (χ2v) is 6.78. The largest absolute Gasteiger partial charge is 0.322 e. The Hall–Kier alpha value is -3.70. The molecule has 1 heterocycles. The van der Waals surface area contributed by atoms with E-state index in [0.717, 1.165) is 11.1 Å². The third kappa shape index (κ3) is 3.95. The summed E-state index contributed by atoms with van der Waals surface area (Å²) in [7, 11) is 0. The molecule has 4 aromatic rings. The van der Waals surface area contributed by atoms with Crippen molar-refractivity contribution in [1.29, 1.82) is 0 Å². The fraction of sp³-hybridized carbons (Fsp3) is 0. The van der Waals surface area contributed by atoms with Gasteiger partial charge >= 0.3 is 0 Å². The molecule has 0 fully saturated rings. The van der Waals surface area contributed by atoms with Crippen molar-refractivity contribution in [3.63, 3.8) is 0 Å². The summed E-state index contributed by atoms with van der Waals surface area (Å²) in [6.07, 6.45) is 0. The van der Waals surface area contributed by atoms with Crippen LogP contribution in [0.3, 0.4) is 0 Å². The standard InChI is InChI=1S/C23H16ClN3O2/c24-17-12-7-13-18(14-17)25-22(28)20-19(15-8-3-1-4-9-15)21(26-27-23(20)29)16-10-5-2-6-11-16/h1-14H,(H,25,28)(H,27,29). The van der Waals surface area contributed by atoms with E-state index < -0.39 is 11.5 Å². The lowest BCUT2D eigenvalue weighted by Crippen LogP contribution is -2.26. The average Bonchev–Trinajstić information content (AvgIpc) is 2.74. The maximum atomic E-state index is 13.1. The highest BCUT2D eigenvalue weighted by atomic mass is 35.5. The van der Waals surface area contributed by atoms with Crippen LogP contribution in [0.2, 0.25) is 5.02 Å². The van der Waals surface area contributed by atoms with Gasteiger partial charge in [0, 0.05) is 21.8 Å². The van der Waals surface area contributed by atoms with Crippen molar-refractivity contribution < 1.29 is 4.79 Å². The molecule has 2 N–H and O–H groups in total. The number of aromatic nitrogens is 2. The van der Waals surface area contributed by atoms with Gasteiger partial charge in [0.25, 0.3) is 11.5 Å². The average molecular weight is 402 g/mol. The normalized spacial score (nSPS) is 10.5. The Bertz CT molecular complexity index is 1220. The Balaban J connectivity index is 1.91. The number of rotatable bonds is 4. The lowest BCUT2D eigenvalue weighted by atomic mass is 9.95. The molecule has 0 aliphatic carbocycles. The Morgan fingerprint density at radius 3 is 2.17 bits per heavy atom. The van der Waals surface area contributed by atoms with Crippen molar-refractivity contribution in [2.75, 3.05) is 5.32 Å². The number of carbonyl (C=O) groups excluding carboxylic acids is 1. The van der Waals surface area contributed by atoms with Crippen molar-refractivity contribution in [2.45, 2.75) is 0 Å². The van der Waals surface area contributed by atoms with Gasteiger partial charge in [0.05, 0.1) is 5.69 Å². The summed E-state index contributed by atoms with van der Waals surface area (Å²) >= 11 is 6.01. The first-order valence-electron chi connectivity index (χ1n) is 8.94. The predicted octanol–water partition coefficient (Wildman–Crippen LogP) is 5.01. The van der Waals surface area contributed by atoms with Gasteiger partial charge in [-0.05, 0) is 23.8 Å². The third-order valence-corrected chi connectivity index (χ3v) is 4.64. The minimum Gasteiger partial charge on any atom is -0.322 e. The van der Waals surface area contributed by atoms with E-state index >= 15 is 0 Å². The monoisotopic (exact) mass is 401 g/mol. The number of hydrogen-bond donors (Lipinski definition) is 2. The fourth-order valence-electron chi connectivity index (χ4n) is 3.12. The smallest absolute Gasteiger partial charge is 0.277 e. The van der Waals surface area contributed by atoms with Gasteiger partial charge in [-0.25, -0.2) is 5.10 Å². The zero-order chi connectivity index (χ0) is 20.2. The minimum absolute atomic E-state index is 0.00923. The molecular formula is C23H16ClN3O2. The van der Waals surface area contributed by atoms with Crippen LogP contribution in [0.1, 0.15) is 10.4 Å². The van der Waals surface area contributed by atoms with E-state index in [-0.39, 0.29) is 5.56 Å². The highest BCUT2D eigenvalue weighted by molar-refractivity contribution is 6.31. The quantitative estimate of drug-likeness (QED) is 0.504. The predicted molar refractivity (Wildman–Crippen MR) is 115 cm³/mol. The zero-order valence-corrected chi connectivity index (χ0v) is 16.0. The molecule has 0 aliphatic heterocycles. The van der Waals surface area contributed by atoms with Gasteiger partial charge < -0.3 is 5.32 Å². The van der Waals surface area contributed by atoms with Crippen molar-refractivity contribution in [2.24, 2.45) is 0 Å². The van der Waals surface area contributed by atoms with Gasteiger partial charge in [-0.1, -0.05) is 78.3 Å². The summed E-state index contributed by atoms with van der Waals surface area (Å²) in [5, 5.41) is 9.96. The molecule has 0 aliphatic rings. The first-order valence-corrected chi connectivity index (χ1v) is 9.32. The Morgan fingerprint density at radius 1 is 0.862 bits per heavy atom. The van der Waals surface area contributed by atoms with Gasteiger partial charge in [0.15, 0.2) is 0 Å². The summed E-state index contributed by atoms with van der Waals surface area (Å²) in [6, 6.07) is 25.4. The summed E-state index contributed by atoms with van der Waals surface area (Å²) < 4.78 is 0. The number of anilines is 1. The van der Waals surface area contributed by atoms with Crippen LogP contribution in [-0.4, -0.2) is 16.1 Å². The van der Waals surface area contributed by atoms with Crippen LogP contribution in [0.15, 0.2) is 89.7 Å². The highest BCUT2D eigenvalue weighted by Crippen LogP contribution is 2.32. The van der Waals surface area contributed by atoms with E-state index in [4.69, 9.17) is 11.6 Å². The molecule has 0 bridgehead atoms. The number of hydrogen-bond acceptors (Lipinski definition) is 3. The molecule has 1 amide bonds. The second-order valence-electron chi connectivity index (χ2n) is 6.35. The molecule has 29 heavy (non-hydrogen) atoms. The van der Waals surface area contributed by atoms with E-state index in [1.54, 1.807) is 24.3 Å². The van der Waals surface area contributed by atoms with Crippen LogP contribution in [-0.2, 0) is 0 Å². The zero-order valence-electron chi connectivity index (χ0n) is 15.2. The molecule has 0 spiro atoms. The molecule has 142 valence electrons. The van der Waals surface area contributed by atoms with Gasteiger partial charge in [0.2, 0.25) is 0 Å². The van der Waals surface area contributed by atoms with Crippen molar-refractivity contribution >= 4 is 23.2 Å². The van der Waals surface area contributed by atoms with Crippen molar-refractivity contribution in [3.8, 4) is 22.4 Å². The number of amides is 1. The van der Waals surface area contributed by atoms with Crippen LogP contribution >= 0.6 is 11.6 Å². The van der Waals surface area contributed by atoms with E-state index in [0.29, 0.717) is 22.0 Å². The Morgan fingerprint density at radius 2 is 1.52 bits per heavy atom. The first-order chi connectivity index (χ1) is 14.1. The lowest BCUT2D eigenvalue weighted by Gasteiger charge is -2.14. The molecular weight excluding hydrogens is 386 g/mol. The third-order valence-electron chi connectivity index (χ3n) is 4.40. The van der Waals surface area contributed by atoms with E-state index in [1.165, 1.54) is 0 Å². The number of nitrogens with one attached hydrogen (secondary N) is 2. The molecule has 5 nitrogen and oxygen atoms in total. The molecule has 0 atom stereocenters. The number of aromatic amines is 1. The molecule has 0 radical (unpaired) electrons.